The number of nitrogens with zero attached hydrogens (tertiary/aromatic N) is 1. The van der Waals surface area contributed by atoms with Crippen molar-refractivity contribution in [2.75, 3.05) is 25.0 Å². The van der Waals surface area contributed by atoms with E-state index >= 15 is 0 Å². The molecule has 5 nitrogen and oxygen atoms in total. The van der Waals surface area contributed by atoms with Gasteiger partial charge in [0.2, 0.25) is 0 Å². The number of carbonyl (C=O) groups is 2. The van der Waals surface area contributed by atoms with Crippen molar-refractivity contribution in [2.45, 2.75) is 25.2 Å². The van der Waals surface area contributed by atoms with Crippen LogP contribution in [0.1, 0.15) is 46.7 Å². The molecule has 3 amide bonds. The lowest BCUT2D eigenvalue weighted by atomic mass is 9.88. The Hall–Kier alpha value is -3.60. The van der Waals surface area contributed by atoms with Gasteiger partial charge in [0.05, 0.1) is 0 Å². The van der Waals surface area contributed by atoms with Crippen LogP contribution >= 0.6 is 0 Å². The second-order valence-corrected chi connectivity index (χ2v) is 8.12. The van der Waals surface area contributed by atoms with Crippen LogP contribution in [-0.2, 0) is 0 Å². The summed E-state index contributed by atoms with van der Waals surface area (Å²) < 4.78 is 0. The fourth-order valence-electron chi connectivity index (χ4n) is 4.20. The number of urea groups is 1. The minimum Gasteiger partial charge on any atom is -0.339 e. The summed E-state index contributed by atoms with van der Waals surface area (Å²) in [7, 11) is 0. The number of rotatable bonds is 7. The van der Waals surface area contributed by atoms with Crippen LogP contribution in [0.2, 0.25) is 0 Å². The second kappa shape index (κ2) is 10.6. The van der Waals surface area contributed by atoms with Gasteiger partial charge < -0.3 is 15.5 Å². The monoisotopic (exact) mass is 427 g/mol. The normalized spacial score (nSPS) is 13.2. The Balaban J connectivity index is 1.30. The maximum atomic E-state index is 12.4. The molecule has 0 atom stereocenters. The number of likely N-dealkylation sites (tertiary alicyclic amines) is 1. The molecule has 1 fully saturated rings. The van der Waals surface area contributed by atoms with E-state index in [-0.39, 0.29) is 17.9 Å². The zero-order chi connectivity index (χ0) is 22.2. The van der Waals surface area contributed by atoms with Gasteiger partial charge in [-0.1, -0.05) is 60.7 Å². The predicted octanol–water partition coefficient (Wildman–Crippen LogP) is 5.27. The zero-order valence-electron chi connectivity index (χ0n) is 18.2. The Labute approximate surface area is 189 Å². The lowest BCUT2D eigenvalue weighted by Crippen LogP contribution is -2.30. The first-order valence-electron chi connectivity index (χ1n) is 11.2. The number of benzene rings is 3. The summed E-state index contributed by atoms with van der Waals surface area (Å²) in [6.07, 6.45) is 2.94. The van der Waals surface area contributed by atoms with Crippen LogP contribution in [0.25, 0.3) is 0 Å². The van der Waals surface area contributed by atoms with Crippen LogP contribution in [0.5, 0.6) is 0 Å². The van der Waals surface area contributed by atoms with E-state index in [0.717, 1.165) is 32.4 Å². The van der Waals surface area contributed by atoms with E-state index in [0.29, 0.717) is 17.8 Å². The van der Waals surface area contributed by atoms with Crippen molar-refractivity contribution in [1.29, 1.82) is 0 Å². The van der Waals surface area contributed by atoms with Crippen LogP contribution in [0.15, 0.2) is 84.9 Å². The van der Waals surface area contributed by atoms with Crippen molar-refractivity contribution in [1.82, 2.24) is 10.2 Å². The van der Waals surface area contributed by atoms with Crippen LogP contribution in [-0.4, -0.2) is 36.5 Å². The molecule has 3 aromatic carbocycles. The van der Waals surface area contributed by atoms with Gasteiger partial charge in [0.1, 0.15) is 0 Å². The standard InChI is InChI=1S/C27H29N3O2/c31-26(30-19-7-8-20-30)23-13-15-24(16-14-23)29-27(32)28-18-17-25(21-9-3-1-4-10-21)22-11-5-2-6-12-22/h1-6,9-16,25H,7-8,17-20H2,(H2,28,29,32). The van der Waals surface area contributed by atoms with Crippen molar-refractivity contribution >= 4 is 17.6 Å². The van der Waals surface area contributed by atoms with Crippen molar-refractivity contribution in [3.63, 3.8) is 0 Å². The highest BCUT2D eigenvalue weighted by Gasteiger charge is 2.19. The highest BCUT2D eigenvalue weighted by Crippen LogP contribution is 2.27. The van der Waals surface area contributed by atoms with Crippen molar-refractivity contribution in [3.8, 4) is 0 Å². The number of nitrogens with one attached hydrogen (secondary N) is 2. The highest BCUT2D eigenvalue weighted by atomic mass is 16.2. The third kappa shape index (κ3) is 5.55. The van der Waals surface area contributed by atoms with E-state index in [1.165, 1.54) is 11.1 Å². The molecule has 0 unspecified atom stereocenters. The molecule has 1 heterocycles. The Morgan fingerprint density at radius 3 is 1.91 bits per heavy atom. The summed E-state index contributed by atoms with van der Waals surface area (Å²) in [5, 5.41) is 5.81. The van der Waals surface area contributed by atoms with E-state index in [9.17, 15) is 9.59 Å². The summed E-state index contributed by atoms with van der Waals surface area (Å²) in [6, 6.07) is 27.6. The molecular weight excluding hydrogens is 398 g/mol. The maximum Gasteiger partial charge on any atom is 0.319 e. The number of amides is 3. The first kappa shape index (κ1) is 21.6. The molecule has 0 aromatic heterocycles. The van der Waals surface area contributed by atoms with E-state index in [1.54, 1.807) is 24.3 Å². The first-order chi connectivity index (χ1) is 15.7. The average Bonchev–Trinajstić information content (AvgIpc) is 3.38. The summed E-state index contributed by atoms with van der Waals surface area (Å²) in [6.45, 7) is 2.20. The molecule has 5 heteroatoms. The number of anilines is 1. The molecule has 0 bridgehead atoms. The van der Waals surface area contributed by atoms with Gasteiger partial charge in [-0.2, -0.15) is 0 Å². The van der Waals surface area contributed by atoms with Crippen molar-refractivity contribution < 1.29 is 9.59 Å². The van der Waals surface area contributed by atoms with Gasteiger partial charge in [-0.25, -0.2) is 4.79 Å². The van der Waals surface area contributed by atoms with Gasteiger partial charge in [0.25, 0.3) is 5.91 Å². The molecule has 0 spiro atoms. The summed E-state index contributed by atoms with van der Waals surface area (Å²) in [5.74, 6) is 0.278. The molecular formula is C27H29N3O2. The smallest absolute Gasteiger partial charge is 0.319 e. The molecule has 1 aliphatic rings. The van der Waals surface area contributed by atoms with Crippen molar-refractivity contribution in [3.05, 3.63) is 102 Å². The maximum absolute atomic E-state index is 12.4. The van der Waals surface area contributed by atoms with Gasteiger partial charge in [-0.05, 0) is 54.7 Å². The Bertz CT molecular complexity index is 974. The highest BCUT2D eigenvalue weighted by molar-refractivity contribution is 5.95. The van der Waals surface area contributed by atoms with E-state index in [2.05, 4.69) is 34.9 Å². The Morgan fingerprint density at radius 1 is 0.781 bits per heavy atom. The topological polar surface area (TPSA) is 61.4 Å². The molecule has 1 aliphatic heterocycles. The third-order valence-corrected chi connectivity index (χ3v) is 5.91. The summed E-state index contributed by atoms with van der Waals surface area (Å²) >= 11 is 0. The number of hydrogen-bond donors (Lipinski definition) is 2. The number of hydrogen-bond acceptors (Lipinski definition) is 2. The first-order valence-corrected chi connectivity index (χ1v) is 11.2. The fourth-order valence-corrected chi connectivity index (χ4v) is 4.20. The van der Waals surface area contributed by atoms with E-state index in [1.807, 2.05) is 41.3 Å². The molecule has 0 saturated carbocycles. The minimum atomic E-state index is -0.247. The van der Waals surface area contributed by atoms with Gasteiger partial charge in [-0.15, -0.1) is 0 Å². The van der Waals surface area contributed by atoms with Crippen LogP contribution < -0.4 is 10.6 Å². The SMILES string of the molecule is O=C(NCCC(c1ccccc1)c1ccccc1)Nc1ccc(C(=O)N2CCCC2)cc1. The van der Waals surface area contributed by atoms with Gasteiger partial charge in [0.15, 0.2) is 0 Å². The number of carbonyl (C=O) groups excluding carboxylic acids is 2. The van der Waals surface area contributed by atoms with Gasteiger partial charge in [0, 0.05) is 36.8 Å². The summed E-state index contributed by atoms with van der Waals surface area (Å²) in [4.78, 5) is 26.7. The largest absolute Gasteiger partial charge is 0.339 e. The average molecular weight is 428 g/mol. The van der Waals surface area contributed by atoms with Crippen LogP contribution in [0.4, 0.5) is 10.5 Å². The molecule has 1 saturated heterocycles. The zero-order valence-corrected chi connectivity index (χ0v) is 18.2. The van der Waals surface area contributed by atoms with Crippen LogP contribution in [0, 0.1) is 0 Å². The molecule has 0 aliphatic carbocycles. The molecule has 164 valence electrons. The lowest BCUT2D eigenvalue weighted by Gasteiger charge is -2.18. The molecule has 3 aromatic rings. The fraction of sp³-hybridized carbons (Fsp3) is 0.259. The van der Waals surface area contributed by atoms with Gasteiger partial charge >= 0.3 is 6.03 Å². The van der Waals surface area contributed by atoms with Gasteiger partial charge in [-0.3, -0.25) is 4.79 Å². The van der Waals surface area contributed by atoms with Crippen LogP contribution in [0.3, 0.4) is 0 Å². The molecule has 0 radical (unpaired) electrons. The predicted molar refractivity (Wildman–Crippen MR) is 128 cm³/mol. The Kier molecular flexibility index (Phi) is 7.18. The third-order valence-electron chi connectivity index (χ3n) is 5.91. The Morgan fingerprint density at radius 2 is 1.34 bits per heavy atom. The van der Waals surface area contributed by atoms with Crippen molar-refractivity contribution in [2.24, 2.45) is 0 Å². The van der Waals surface area contributed by atoms with E-state index < -0.39 is 0 Å². The quantitative estimate of drug-likeness (QED) is 0.540. The van der Waals surface area contributed by atoms with E-state index in [4.69, 9.17) is 0 Å². The lowest BCUT2D eigenvalue weighted by molar-refractivity contribution is 0.0793. The minimum absolute atomic E-state index is 0.0615. The molecule has 4 rings (SSSR count). The second-order valence-electron chi connectivity index (χ2n) is 8.12. The summed E-state index contributed by atoms with van der Waals surface area (Å²) in [5.41, 5.74) is 3.80. The molecule has 2 N–H and O–H groups in total. The molecule has 32 heavy (non-hydrogen) atoms.